The molecule has 6 heteroatoms. The number of hydrogen-bond donors (Lipinski definition) is 3. The molecule has 0 aliphatic heterocycles. The van der Waals surface area contributed by atoms with E-state index in [1.54, 1.807) is 20.9 Å². The van der Waals surface area contributed by atoms with Crippen LogP contribution in [0.1, 0.15) is 39.5 Å². The van der Waals surface area contributed by atoms with Gasteiger partial charge in [0.2, 0.25) is 0 Å². The van der Waals surface area contributed by atoms with Gasteiger partial charge in [-0.05, 0) is 26.7 Å². The van der Waals surface area contributed by atoms with Gasteiger partial charge in [-0.1, -0.05) is 12.8 Å². The van der Waals surface area contributed by atoms with Crippen LogP contribution in [-0.2, 0) is 4.79 Å². The Hall–Kier alpha value is -1.30. The summed E-state index contributed by atoms with van der Waals surface area (Å²) < 4.78 is 0. The number of carboxylic acids is 1. The minimum absolute atomic E-state index is 0.198. The lowest BCUT2D eigenvalue weighted by Gasteiger charge is -2.32. The second-order valence-corrected chi connectivity index (χ2v) is 5.95. The number of urea groups is 1. The molecule has 0 bridgehead atoms. The molecule has 6 nitrogen and oxygen atoms in total. The predicted molar refractivity (Wildman–Crippen MR) is 70.8 cm³/mol. The van der Waals surface area contributed by atoms with Crippen LogP contribution in [0.3, 0.4) is 0 Å². The third-order valence-electron chi connectivity index (χ3n) is 3.36. The summed E-state index contributed by atoms with van der Waals surface area (Å²) in [6.07, 6.45) is 3.13. The SMILES string of the molecule is CN(CC(C)(C)O)C(=O)NC1CCCCC1C(=O)O. The standard InChI is InChI=1S/C13H24N2O4/c1-13(2,19)8-15(3)12(18)14-10-7-5-4-6-9(10)11(16)17/h9-10,19H,4-8H2,1-3H3,(H,14,18)(H,16,17). The Bertz CT molecular complexity index is 338. The van der Waals surface area contributed by atoms with Crippen molar-refractivity contribution in [2.45, 2.75) is 51.2 Å². The van der Waals surface area contributed by atoms with Crippen LogP contribution in [0.4, 0.5) is 4.79 Å². The first-order valence-electron chi connectivity index (χ1n) is 6.67. The summed E-state index contributed by atoms with van der Waals surface area (Å²) in [5.41, 5.74) is -0.967. The third kappa shape index (κ3) is 5.06. The van der Waals surface area contributed by atoms with Crippen molar-refractivity contribution >= 4 is 12.0 Å². The number of carboxylic acid groups (broad SMARTS) is 1. The van der Waals surface area contributed by atoms with Gasteiger partial charge >= 0.3 is 12.0 Å². The van der Waals surface area contributed by atoms with Crippen molar-refractivity contribution in [3.63, 3.8) is 0 Å². The van der Waals surface area contributed by atoms with Crippen LogP contribution in [0.15, 0.2) is 0 Å². The van der Waals surface area contributed by atoms with E-state index in [2.05, 4.69) is 5.32 Å². The molecule has 0 radical (unpaired) electrons. The van der Waals surface area contributed by atoms with Crippen molar-refractivity contribution < 1.29 is 19.8 Å². The molecule has 1 fully saturated rings. The number of amides is 2. The van der Waals surface area contributed by atoms with Gasteiger partial charge in [0, 0.05) is 13.1 Å². The van der Waals surface area contributed by atoms with E-state index in [9.17, 15) is 14.7 Å². The summed E-state index contributed by atoms with van der Waals surface area (Å²) in [6.45, 7) is 3.44. The van der Waals surface area contributed by atoms with Crippen molar-refractivity contribution in [1.29, 1.82) is 0 Å². The number of aliphatic hydroxyl groups is 1. The highest BCUT2D eigenvalue weighted by molar-refractivity contribution is 5.76. The molecule has 19 heavy (non-hydrogen) atoms. The topological polar surface area (TPSA) is 89.9 Å². The number of rotatable bonds is 4. The fourth-order valence-electron chi connectivity index (χ4n) is 2.52. The summed E-state index contributed by atoms with van der Waals surface area (Å²) in [5, 5.41) is 21.6. The minimum atomic E-state index is -0.967. The minimum Gasteiger partial charge on any atom is -0.481 e. The van der Waals surface area contributed by atoms with Gasteiger partial charge in [0.1, 0.15) is 0 Å². The molecule has 0 heterocycles. The Morgan fingerprint density at radius 2 is 1.89 bits per heavy atom. The third-order valence-corrected chi connectivity index (χ3v) is 3.36. The Labute approximate surface area is 113 Å². The maximum absolute atomic E-state index is 12.0. The van der Waals surface area contributed by atoms with Gasteiger partial charge in [-0.15, -0.1) is 0 Å². The van der Waals surface area contributed by atoms with Gasteiger partial charge in [-0.3, -0.25) is 4.79 Å². The first-order chi connectivity index (χ1) is 8.70. The molecule has 0 saturated heterocycles. The number of hydrogen-bond acceptors (Lipinski definition) is 3. The monoisotopic (exact) mass is 272 g/mol. The summed E-state index contributed by atoms with van der Waals surface area (Å²) >= 11 is 0. The smallest absolute Gasteiger partial charge is 0.317 e. The van der Waals surface area contributed by atoms with Gasteiger partial charge in [0.05, 0.1) is 18.1 Å². The molecule has 110 valence electrons. The largest absolute Gasteiger partial charge is 0.481 e. The van der Waals surface area contributed by atoms with Crippen LogP contribution in [0.5, 0.6) is 0 Å². The molecule has 1 rings (SSSR count). The fourth-order valence-corrected chi connectivity index (χ4v) is 2.52. The first kappa shape index (κ1) is 15.8. The van der Waals surface area contributed by atoms with Crippen LogP contribution in [0.25, 0.3) is 0 Å². The highest BCUT2D eigenvalue weighted by Gasteiger charge is 2.32. The van der Waals surface area contributed by atoms with Crippen molar-refractivity contribution in [3.8, 4) is 0 Å². The molecule has 2 amide bonds. The second-order valence-electron chi connectivity index (χ2n) is 5.95. The molecule has 3 N–H and O–H groups in total. The summed E-state index contributed by atoms with van der Waals surface area (Å²) in [5.74, 6) is -1.36. The number of nitrogens with zero attached hydrogens (tertiary/aromatic N) is 1. The molecule has 0 aromatic carbocycles. The number of carbonyl (C=O) groups excluding carboxylic acids is 1. The second kappa shape index (κ2) is 6.23. The summed E-state index contributed by atoms with van der Waals surface area (Å²) in [7, 11) is 1.59. The van der Waals surface area contributed by atoms with Crippen LogP contribution >= 0.6 is 0 Å². The highest BCUT2D eigenvalue weighted by Crippen LogP contribution is 2.24. The maximum Gasteiger partial charge on any atom is 0.317 e. The van der Waals surface area contributed by atoms with E-state index >= 15 is 0 Å². The Balaban J connectivity index is 2.56. The Morgan fingerprint density at radius 1 is 1.32 bits per heavy atom. The molecule has 0 aromatic heterocycles. The average molecular weight is 272 g/mol. The lowest BCUT2D eigenvalue weighted by molar-refractivity contribution is -0.143. The summed E-state index contributed by atoms with van der Waals surface area (Å²) in [4.78, 5) is 24.5. The molecule has 1 aliphatic rings. The first-order valence-corrected chi connectivity index (χ1v) is 6.67. The van der Waals surface area contributed by atoms with E-state index in [4.69, 9.17) is 5.11 Å². The molecular weight excluding hydrogens is 248 g/mol. The lowest BCUT2D eigenvalue weighted by atomic mass is 9.84. The molecule has 1 aliphatic carbocycles. The summed E-state index contributed by atoms with van der Waals surface area (Å²) in [6, 6.07) is -0.650. The van der Waals surface area contributed by atoms with Crippen LogP contribution < -0.4 is 5.32 Å². The zero-order valence-electron chi connectivity index (χ0n) is 11.8. The van der Waals surface area contributed by atoms with Gasteiger partial charge in [-0.25, -0.2) is 4.79 Å². The number of likely N-dealkylation sites (N-methyl/N-ethyl adjacent to an activating group) is 1. The van der Waals surface area contributed by atoms with E-state index in [0.29, 0.717) is 12.8 Å². The Morgan fingerprint density at radius 3 is 2.42 bits per heavy atom. The lowest BCUT2D eigenvalue weighted by Crippen LogP contribution is -2.51. The zero-order valence-corrected chi connectivity index (χ0v) is 11.8. The van der Waals surface area contributed by atoms with Crippen molar-refractivity contribution in [2.24, 2.45) is 5.92 Å². The fraction of sp³-hybridized carbons (Fsp3) is 0.846. The van der Waals surface area contributed by atoms with Crippen molar-refractivity contribution in [1.82, 2.24) is 10.2 Å². The van der Waals surface area contributed by atoms with E-state index in [1.807, 2.05) is 0 Å². The van der Waals surface area contributed by atoms with Crippen LogP contribution in [0.2, 0.25) is 0 Å². The molecule has 1 saturated carbocycles. The van der Waals surface area contributed by atoms with Crippen LogP contribution in [0, 0.1) is 5.92 Å². The van der Waals surface area contributed by atoms with E-state index < -0.39 is 17.5 Å². The zero-order chi connectivity index (χ0) is 14.6. The van der Waals surface area contributed by atoms with Crippen LogP contribution in [-0.4, -0.2) is 52.3 Å². The molecule has 0 aromatic rings. The Kier molecular flexibility index (Phi) is 5.17. The van der Waals surface area contributed by atoms with Crippen molar-refractivity contribution in [2.75, 3.05) is 13.6 Å². The van der Waals surface area contributed by atoms with Crippen molar-refractivity contribution in [3.05, 3.63) is 0 Å². The van der Waals surface area contributed by atoms with Gasteiger partial charge < -0.3 is 20.4 Å². The normalized spacial score (nSPS) is 23.8. The molecule has 2 unspecified atom stereocenters. The highest BCUT2D eigenvalue weighted by atomic mass is 16.4. The number of aliphatic carboxylic acids is 1. The van der Waals surface area contributed by atoms with Gasteiger partial charge in [-0.2, -0.15) is 0 Å². The number of nitrogens with one attached hydrogen (secondary N) is 1. The number of carbonyl (C=O) groups is 2. The molecular formula is C13H24N2O4. The quantitative estimate of drug-likeness (QED) is 0.713. The molecule has 2 atom stereocenters. The molecule has 0 spiro atoms. The predicted octanol–water partition coefficient (Wildman–Crippen LogP) is 1.04. The average Bonchev–Trinajstić information content (AvgIpc) is 2.27. The van der Waals surface area contributed by atoms with Gasteiger partial charge in [0.15, 0.2) is 0 Å². The maximum atomic E-state index is 12.0. The van der Waals surface area contributed by atoms with Gasteiger partial charge in [0.25, 0.3) is 0 Å². The van der Waals surface area contributed by atoms with E-state index in [-0.39, 0.29) is 18.6 Å². The van der Waals surface area contributed by atoms with E-state index in [0.717, 1.165) is 12.8 Å². The van der Waals surface area contributed by atoms with E-state index in [1.165, 1.54) is 4.90 Å².